The van der Waals surface area contributed by atoms with Gasteiger partial charge in [0.2, 0.25) is 0 Å². The second kappa shape index (κ2) is 4.19. The monoisotopic (exact) mass is 272 g/mol. The highest BCUT2D eigenvalue weighted by atomic mass is 31.0. The first kappa shape index (κ1) is 16.4. The van der Waals surface area contributed by atoms with Crippen molar-refractivity contribution in [3.8, 4) is 0 Å². The van der Waals surface area contributed by atoms with Crippen molar-refractivity contribution >= 4 is 9.24 Å². The van der Waals surface area contributed by atoms with Crippen LogP contribution >= 0.6 is 9.24 Å². The summed E-state index contributed by atoms with van der Waals surface area (Å²) in [6, 6.07) is 0. The van der Waals surface area contributed by atoms with Gasteiger partial charge in [0.15, 0.2) is 0 Å². The molecule has 0 aromatic rings. The summed E-state index contributed by atoms with van der Waals surface area (Å²) in [5.41, 5.74) is 0.665. The summed E-state index contributed by atoms with van der Waals surface area (Å²) in [6.45, 7) is 22.0. The van der Waals surface area contributed by atoms with Gasteiger partial charge in [-0.25, -0.2) is 0 Å². The third-order valence-corrected chi connectivity index (χ3v) is 6.64. The molecule has 108 valence electrons. The normalized spacial score (nSPS) is 29.7. The van der Waals surface area contributed by atoms with Gasteiger partial charge in [0.05, 0.1) is 5.34 Å². The van der Waals surface area contributed by atoms with Gasteiger partial charge in [-0.15, -0.1) is 9.24 Å². The molecule has 0 radical (unpaired) electrons. The molecule has 1 fully saturated rings. The highest BCUT2D eigenvalue weighted by Crippen LogP contribution is 2.70. The largest absolute Gasteiger partial charge is 0.370 e. The van der Waals surface area contributed by atoms with E-state index in [2.05, 4.69) is 71.6 Å². The van der Waals surface area contributed by atoms with E-state index in [1.54, 1.807) is 0 Å². The van der Waals surface area contributed by atoms with Crippen molar-refractivity contribution < 1.29 is 4.74 Å². The summed E-state index contributed by atoms with van der Waals surface area (Å²) in [5, 5.41) is -0.170. The van der Waals surface area contributed by atoms with Crippen LogP contribution in [-0.4, -0.2) is 11.9 Å². The molecule has 0 bridgehead atoms. The fourth-order valence-electron chi connectivity index (χ4n) is 4.52. The lowest BCUT2D eigenvalue weighted by molar-refractivity contribution is -0.157. The first-order chi connectivity index (χ1) is 7.71. The van der Waals surface area contributed by atoms with Gasteiger partial charge in [0.1, 0.15) is 0 Å². The highest BCUT2D eigenvalue weighted by Gasteiger charge is 2.68. The SMILES string of the molecule is CC(C)(C)C1(P)OCCC1(C(C)(C)C)C(C)(C)C. The Labute approximate surface area is 117 Å². The van der Waals surface area contributed by atoms with Crippen LogP contribution in [0.2, 0.25) is 0 Å². The van der Waals surface area contributed by atoms with Crippen molar-refractivity contribution in [1.82, 2.24) is 0 Å². The minimum atomic E-state index is -0.170. The van der Waals surface area contributed by atoms with Gasteiger partial charge in [0.25, 0.3) is 0 Å². The van der Waals surface area contributed by atoms with Crippen molar-refractivity contribution in [3.63, 3.8) is 0 Å². The maximum Gasteiger partial charge on any atom is 0.0927 e. The number of ether oxygens (including phenoxy) is 1. The van der Waals surface area contributed by atoms with E-state index in [1.165, 1.54) is 0 Å². The summed E-state index contributed by atoms with van der Waals surface area (Å²) in [4.78, 5) is 0. The van der Waals surface area contributed by atoms with Gasteiger partial charge < -0.3 is 4.74 Å². The second-order valence-electron chi connectivity index (χ2n) is 8.99. The maximum atomic E-state index is 6.34. The van der Waals surface area contributed by atoms with Crippen LogP contribution in [-0.2, 0) is 4.74 Å². The zero-order valence-electron chi connectivity index (χ0n) is 13.9. The molecule has 2 heteroatoms. The molecule has 1 saturated heterocycles. The summed E-state index contributed by atoms with van der Waals surface area (Å²) < 4.78 is 6.34. The first-order valence-electron chi connectivity index (χ1n) is 7.14. The van der Waals surface area contributed by atoms with E-state index in [9.17, 15) is 0 Å². The van der Waals surface area contributed by atoms with Crippen LogP contribution in [0.25, 0.3) is 0 Å². The molecule has 0 aromatic carbocycles. The Morgan fingerprint density at radius 1 is 0.778 bits per heavy atom. The molecule has 1 rings (SSSR count). The molecular weight excluding hydrogens is 239 g/mol. The molecule has 18 heavy (non-hydrogen) atoms. The lowest BCUT2D eigenvalue weighted by Gasteiger charge is -2.62. The van der Waals surface area contributed by atoms with Gasteiger partial charge >= 0.3 is 0 Å². The van der Waals surface area contributed by atoms with Crippen molar-refractivity contribution in [1.29, 1.82) is 0 Å². The van der Waals surface area contributed by atoms with Crippen LogP contribution < -0.4 is 0 Å². The highest BCUT2D eigenvalue weighted by molar-refractivity contribution is 7.18. The molecule has 0 aliphatic carbocycles. The summed E-state index contributed by atoms with van der Waals surface area (Å²) >= 11 is 0. The van der Waals surface area contributed by atoms with Crippen molar-refractivity contribution in [2.24, 2.45) is 21.7 Å². The van der Waals surface area contributed by atoms with Crippen molar-refractivity contribution in [3.05, 3.63) is 0 Å². The van der Waals surface area contributed by atoms with Gasteiger partial charge in [-0.1, -0.05) is 62.3 Å². The average Bonchev–Trinajstić information content (AvgIpc) is 2.40. The van der Waals surface area contributed by atoms with Crippen molar-refractivity contribution in [2.45, 2.75) is 74.1 Å². The fraction of sp³-hybridized carbons (Fsp3) is 1.00. The molecule has 0 saturated carbocycles. The predicted octanol–water partition coefficient (Wildman–Crippen LogP) is 5.10. The summed E-state index contributed by atoms with van der Waals surface area (Å²) in [6.07, 6.45) is 1.14. The molecular formula is C16H33OP. The Bertz CT molecular complexity index is 299. The predicted molar refractivity (Wildman–Crippen MR) is 83.8 cm³/mol. The van der Waals surface area contributed by atoms with E-state index < -0.39 is 0 Å². The van der Waals surface area contributed by atoms with Crippen LogP contribution in [0.5, 0.6) is 0 Å². The van der Waals surface area contributed by atoms with E-state index in [-0.39, 0.29) is 27.0 Å². The minimum absolute atomic E-state index is 0.106. The smallest absolute Gasteiger partial charge is 0.0927 e. The molecule has 2 atom stereocenters. The summed E-state index contributed by atoms with van der Waals surface area (Å²) in [7, 11) is 3.10. The van der Waals surface area contributed by atoms with Crippen LogP contribution in [0.1, 0.15) is 68.7 Å². The van der Waals surface area contributed by atoms with Gasteiger partial charge in [-0.2, -0.15) is 0 Å². The third-order valence-electron chi connectivity index (χ3n) is 5.12. The zero-order chi connectivity index (χ0) is 14.6. The van der Waals surface area contributed by atoms with Gasteiger partial charge in [-0.05, 0) is 22.7 Å². The van der Waals surface area contributed by atoms with Crippen LogP contribution in [0.15, 0.2) is 0 Å². The van der Waals surface area contributed by atoms with E-state index in [1.807, 2.05) is 0 Å². The summed E-state index contributed by atoms with van der Waals surface area (Å²) in [5.74, 6) is 0. The van der Waals surface area contributed by atoms with E-state index in [0.717, 1.165) is 13.0 Å². The number of hydrogen-bond donors (Lipinski definition) is 0. The molecule has 0 aromatic heterocycles. The van der Waals surface area contributed by atoms with Gasteiger partial charge in [0, 0.05) is 12.0 Å². The molecule has 1 heterocycles. The standard InChI is InChI=1S/C16H33OP/c1-12(2,3)15(13(4,5)6)10-11-17-16(15,18)14(7,8)9/h10-11,18H2,1-9H3. The zero-order valence-corrected chi connectivity index (χ0v) is 15.1. The lowest BCUT2D eigenvalue weighted by Crippen LogP contribution is -2.61. The molecule has 1 aliphatic heterocycles. The van der Waals surface area contributed by atoms with Crippen molar-refractivity contribution in [2.75, 3.05) is 6.61 Å². The lowest BCUT2D eigenvalue weighted by atomic mass is 9.47. The van der Waals surface area contributed by atoms with Gasteiger partial charge in [-0.3, -0.25) is 0 Å². The topological polar surface area (TPSA) is 9.23 Å². The van der Waals surface area contributed by atoms with Crippen LogP contribution in [0, 0.1) is 21.7 Å². The molecule has 1 aliphatic rings. The number of rotatable bonds is 0. The Hall–Kier alpha value is 0.390. The Balaban J connectivity index is 3.55. The maximum absolute atomic E-state index is 6.34. The average molecular weight is 272 g/mol. The second-order valence-corrected chi connectivity index (χ2v) is 9.80. The minimum Gasteiger partial charge on any atom is -0.370 e. The van der Waals surface area contributed by atoms with E-state index >= 15 is 0 Å². The Kier molecular flexibility index (Phi) is 3.83. The molecule has 1 nitrogen and oxygen atoms in total. The Morgan fingerprint density at radius 2 is 1.17 bits per heavy atom. The Morgan fingerprint density at radius 3 is 1.39 bits per heavy atom. The molecule has 0 N–H and O–H groups in total. The van der Waals surface area contributed by atoms with Crippen LogP contribution in [0.4, 0.5) is 0 Å². The quantitative estimate of drug-likeness (QED) is 0.557. The fourth-order valence-corrected chi connectivity index (χ4v) is 5.65. The van der Waals surface area contributed by atoms with Crippen LogP contribution in [0.3, 0.4) is 0 Å². The molecule has 0 spiro atoms. The van der Waals surface area contributed by atoms with E-state index in [4.69, 9.17) is 4.74 Å². The third kappa shape index (κ3) is 1.97. The molecule has 0 amide bonds. The van der Waals surface area contributed by atoms with E-state index in [0.29, 0.717) is 0 Å². The molecule has 2 unspecified atom stereocenters. The number of hydrogen-bond acceptors (Lipinski definition) is 1. The first-order valence-corrected chi connectivity index (χ1v) is 7.71.